The Bertz CT molecular complexity index is 158. The molecule has 0 aliphatic carbocycles. The molecular formula is C12H24O2. The van der Waals surface area contributed by atoms with Crippen LogP contribution in [0.2, 0.25) is 0 Å². The van der Waals surface area contributed by atoms with Crippen LogP contribution in [0.5, 0.6) is 0 Å². The Morgan fingerprint density at radius 3 is 2.36 bits per heavy atom. The van der Waals surface area contributed by atoms with Gasteiger partial charge in [-0.25, -0.2) is 0 Å². The van der Waals surface area contributed by atoms with Crippen LogP contribution in [-0.4, -0.2) is 17.0 Å². The molecule has 2 atom stereocenters. The van der Waals surface area contributed by atoms with Crippen molar-refractivity contribution in [3.8, 4) is 0 Å². The molecule has 0 radical (unpaired) electrons. The number of aldehydes is 1. The molecule has 0 rings (SSSR count). The molecule has 0 aromatic heterocycles. The third kappa shape index (κ3) is 7.07. The number of hydrogen-bond acceptors (Lipinski definition) is 2. The van der Waals surface area contributed by atoms with Crippen molar-refractivity contribution in [1.82, 2.24) is 0 Å². The van der Waals surface area contributed by atoms with Crippen molar-refractivity contribution >= 4 is 6.29 Å². The zero-order chi connectivity index (χ0) is 11.2. The molecule has 14 heavy (non-hydrogen) atoms. The maximum Gasteiger partial charge on any atom is 0.120 e. The average Bonchev–Trinajstić information content (AvgIpc) is 2.01. The van der Waals surface area contributed by atoms with E-state index in [0.29, 0.717) is 18.3 Å². The van der Waals surface area contributed by atoms with Crippen molar-refractivity contribution in [2.45, 2.75) is 59.0 Å². The highest BCUT2D eigenvalue weighted by molar-refractivity contribution is 5.49. The second-order valence-electron chi connectivity index (χ2n) is 5.03. The molecule has 84 valence electrons. The van der Waals surface area contributed by atoms with Gasteiger partial charge in [-0.1, -0.05) is 20.3 Å². The van der Waals surface area contributed by atoms with E-state index in [0.717, 1.165) is 25.5 Å². The smallest absolute Gasteiger partial charge is 0.120 e. The van der Waals surface area contributed by atoms with Gasteiger partial charge in [-0.3, -0.25) is 0 Å². The summed E-state index contributed by atoms with van der Waals surface area (Å²) in [5, 5.41) is 9.69. The van der Waals surface area contributed by atoms with Gasteiger partial charge in [0.2, 0.25) is 0 Å². The van der Waals surface area contributed by atoms with Crippen LogP contribution >= 0.6 is 0 Å². The van der Waals surface area contributed by atoms with Gasteiger partial charge in [0.1, 0.15) is 6.29 Å². The lowest BCUT2D eigenvalue weighted by molar-refractivity contribution is -0.108. The van der Waals surface area contributed by atoms with Gasteiger partial charge in [0.25, 0.3) is 0 Å². The highest BCUT2D eigenvalue weighted by atomic mass is 16.3. The lowest BCUT2D eigenvalue weighted by Gasteiger charge is -2.25. The summed E-state index contributed by atoms with van der Waals surface area (Å²) >= 11 is 0. The molecule has 0 aliphatic rings. The van der Waals surface area contributed by atoms with Gasteiger partial charge in [0.15, 0.2) is 0 Å². The van der Waals surface area contributed by atoms with Crippen molar-refractivity contribution < 1.29 is 9.90 Å². The van der Waals surface area contributed by atoms with Crippen molar-refractivity contribution in [3.05, 3.63) is 0 Å². The molecular weight excluding hydrogens is 176 g/mol. The second kappa shape index (κ2) is 6.18. The minimum absolute atomic E-state index is 0.444. The van der Waals surface area contributed by atoms with E-state index in [-0.39, 0.29) is 0 Å². The number of hydrogen-bond donors (Lipinski definition) is 1. The Morgan fingerprint density at radius 1 is 1.43 bits per heavy atom. The Labute approximate surface area is 87.7 Å². The minimum Gasteiger partial charge on any atom is -0.390 e. The molecule has 0 saturated carbocycles. The topological polar surface area (TPSA) is 37.3 Å². The standard InChI is InChI=1S/C12H24O2/c1-5-11(9-12(3,4)14)8-10(2)6-7-13/h7,10-11,14H,5-6,8-9H2,1-4H3. The first-order valence-corrected chi connectivity index (χ1v) is 5.55. The van der Waals surface area contributed by atoms with Crippen molar-refractivity contribution in [2.24, 2.45) is 11.8 Å². The summed E-state index contributed by atoms with van der Waals surface area (Å²) in [5.41, 5.74) is -0.582. The summed E-state index contributed by atoms with van der Waals surface area (Å²) < 4.78 is 0. The van der Waals surface area contributed by atoms with Gasteiger partial charge < -0.3 is 9.90 Å². The number of rotatable bonds is 7. The van der Waals surface area contributed by atoms with Crippen LogP contribution in [0.4, 0.5) is 0 Å². The van der Waals surface area contributed by atoms with E-state index in [9.17, 15) is 9.90 Å². The first-order valence-electron chi connectivity index (χ1n) is 5.55. The fourth-order valence-electron chi connectivity index (χ4n) is 1.93. The molecule has 0 heterocycles. The van der Waals surface area contributed by atoms with E-state index >= 15 is 0 Å². The number of carbonyl (C=O) groups is 1. The third-order valence-electron chi connectivity index (χ3n) is 2.60. The minimum atomic E-state index is -0.582. The van der Waals surface area contributed by atoms with E-state index in [1.807, 2.05) is 13.8 Å². The van der Waals surface area contributed by atoms with Crippen molar-refractivity contribution in [3.63, 3.8) is 0 Å². The van der Waals surface area contributed by atoms with Crippen molar-refractivity contribution in [1.29, 1.82) is 0 Å². The molecule has 2 nitrogen and oxygen atoms in total. The molecule has 0 bridgehead atoms. The highest BCUT2D eigenvalue weighted by Gasteiger charge is 2.20. The fourth-order valence-corrected chi connectivity index (χ4v) is 1.93. The Hall–Kier alpha value is -0.370. The Balaban J connectivity index is 3.96. The highest BCUT2D eigenvalue weighted by Crippen LogP contribution is 2.25. The normalized spacial score (nSPS) is 16.4. The van der Waals surface area contributed by atoms with Crippen LogP contribution in [0.25, 0.3) is 0 Å². The second-order valence-corrected chi connectivity index (χ2v) is 5.03. The SMILES string of the molecule is CCC(CC(C)CC=O)CC(C)(C)O. The predicted molar refractivity (Wildman–Crippen MR) is 59.2 cm³/mol. The molecule has 2 heteroatoms. The van der Waals surface area contributed by atoms with Crippen LogP contribution in [0, 0.1) is 11.8 Å². The third-order valence-corrected chi connectivity index (χ3v) is 2.60. The number of carbonyl (C=O) groups excluding carboxylic acids is 1. The molecule has 0 spiro atoms. The van der Waals surface area contributed by atoms with Crippen molar-refractivity contribution in [2.75, 3.05) is 0 Å². The van der Waals surface area contributed by atoms with E-state index < -0.39 is 5.60 Å². The van der Waals surface area contributed by atoms with Crippen LogP contribution in [0.3, 0.4) is 0 Å². The molecule has 2 unspecified atom stereocenters. The summed E-state index contributed by atoms with van der Waals surface area (Å²) in [5.74, 6) is 0.977. The lowest BCUT2D eigenvalue weighted by atomic mass is 9.84. The fraction of sp³-hybridized carbons (Fsp3) is 0.917. The first-order chi connectivity index (χ1) is 6.39. The van der Waals surface area contributed by atoms with Crippen LogP contribution in [0.1, 0.15) is 53.4 Å². The molecule has 0 aromatic carbocycles. The maximum atomic E-state index is 10.3. The van der Waals surface area contributed by atoms with Crippen LogP contribution in [0.15, 0.2) is 0 Å². The lowest BCUT2D eigenvalue weighted by Crippen LogP contribution is -2.24. The van der Waals surface area contributed by atoms with E-state index in [1.54, 1.807) is 0 Å². The largest absolute Gasteiger partial charge is 0.390 e. The van der Waals surface area contributed by atoms with Gasteiger partial charge in [0, 0.05) is 6.42 Å². The predicted octanol–water partition coefficient (Wildman–Crippen LogP) is 2.79. The summed E-state index contributed by atoms with van der Waals surface area (Å²) in [4.78, 5) is 10.3. The molecule has 0 aromatic rings. The Kier molecular flexibility index (Phi) is 6.01. The zero-order valence-corrected chi connectivity index (χ0v) is 9.92. The molecule has 0 saturated heterocycles. The van der Waals surface area contributed by atoms with Gasteiger partial charge >= 0.3 is 0 Å². The molecule has 0 aliphatic heterocycles. The molecule has 0 fully saturated rings. The summed E-state index contributed by atoms with van der Waals surface area (Å²) in [6, 6.07) is 0. The van der Waals surface area contributed by atoms with Crippen LogP contribution in [-0.2, 0) is 4.79 Å². The van der Waals surface area contributed by atoms with Crippen LogP contribution < -0.4 is 0 Å². The maximum absolute atomic E-state index is 10.3. The van der Waals surface area contributed by atoms with Gasteiger partial charge in [-0.15, -0.1) is 0 Å². The van der Waals surface area contributed by atoms with E-state index in [4.69, 9.17) is 0 Å². The van der Waals surface area contributed by atoms with Gasteiger partial charge in [-0.2, -0.15) is 0 Å². The molecule has 0 amide bonds. The Morgan fingerprint density at radius 2 is 2.00 bits per heavy atom. The summed E-state index contributed by atoms with van der Waals surface area (Å²) in [6.45, 7) is 7.94. The van der Waals surface area contributed by atoms with E-state index in [1.165, 1.54) is 0 Å². The zero-order valence-electron chi connectivity index (χ0n) is 9.92. The quantitative estimate of drug-likeness (QED) is 0.642. The van der Waals surface area contributed by atoms with Gasteiger partial charge in [-0.05, 0) is 38.5 Å². The first kappa shape index (κ1) is 13.6. The monoisotopic (exact) mass is 200 g/mol. The van der Waals surface area contributed by atoms with Gasteiger partial charge in [0.05, 0.1) is 5.60 Å². The van der Waals surface area contributed by atoms with E-state index in [2.05, 4.69) is 13.8 Å². The number of aliphatic hydroxyl groups is 1. The molecule has 1 N–H and O–H groups in total. The summed E-state index contributed by atoms with van der Waals surface area (Å²) in [6.07, 6.45) is 4.57. The average molecular weight is 200 g/mol. The summed E-state index contributed by atoms with van der Waals surface area (Å²) in [7, 11) is 0.